The van der Waals surface area contributed by atoms with Gasteiger partial charge in [-0.05, 0) is 43.5 Å². The number of thiazole rings is 1. The molecule has 1 amide bonds. The highest BCUT2D eigenvalue weighted by Crippen LogP contribution is 2.34. The van der Waals surface area contributed by atoms with E-state index in [0.29, 0.717) is 17.2 Å². The highest BCUT2D eigenvalue weighted by atomic mass is 32.1. The molecule has 5 aromatic rings. The number of aromatic nitrogens is 4. The van der Waals surface area contributed by atoms with Crippen molar-refractivity contribution < 1.29 is 4.79 Å². The van der Waals surface area contributed by atoms with Gasteiger partial charge in [0, 0.05) is 36.5 Å². The molecule has 178 valence electrons. The van der Waals surface area contributed by atoms with Crippen LogP contribution in [0.1, 0.15) is 29.8 Å². The topological polar surface area (TPSA) is 83.9 Å². The summed E-state index contributed by atoms with van der Waals surface area (Å²) in [5.74, 6) is 1.06. The van der Waals surface area contributed by atoms with Crippen molar-refractivity contribution in [3.63, 3.8) is 0 Å². The first-order valence-electron chi connectivity index (χ1n) is 12.1. The van der Waals surface area contributed by atoms with Crippen molar-refractivity contribution >= 4 is 39.1 Å². The Labute approximate surface area is 212 Å². The molecule has 7 nitrogen and oxygen atoms in total. The van der Waals surface area contributed by atoms with Crippen molar-refractivity contribution in [2.45, 2.75) is 19.3 Å². The third-order valence-corrected chi connectivity index (χ3v) is 7.24. The molecule has 1 N–H and O–H groups in total. The summed E-state index contributed by atoms with van der Waals surface area (Å²) in [6.07, 6.45) is 5.23. The summed E-state index contributed by atoms with van der Waals surface area (Å²) in [5.41, 5.74) is 3.59. The van der Waals surface area contributed by atoms with Crippen molar-refractivity contribution in [2.75, 3.05) is 23.3 Å². The van der Waals surface area contributed by atoms with E-state index >= 15 is 0 Å². The SMILES string of the molecule is O=C(Nc1ccccc1-c1nc2cccnc2s1)c1cc(N2CCCCC2)nc(-c2ccccc2)n1. The number of carbonyl (C=O) groups is 1. The van der Waals surface area contributed by atoms with Gasteiger partial charge >= 0.3 is 0 Å². The van der Waals surface area contributed by atoms with Crippen molar-refractivity contribution in [2.24, 2.45) is 0 Å². The molecule has 3 aromatic heterocycles. The van der Waals surface area contributed by atoms with Gasteiger partial charge in [0.1, 0.15) is 26.9 Å². The maximum Gasteiger partial charge on any atom is 0.274 e. The molecule has 0 saturated carbocycles. The number of hydrogen-bond acceptors (Lipinski definition) is 7. The smallest absolute Gasteiger partial charge is 0.274 e. The lowest BCUT2D eigenvalue weighted by Crippen LogP contribution is -2.31. The standard InChI is InChI=1S/C28H24N6OS/c35-26(31-21-13-6-5-12-20(21)27-32-22-14-9-15-29-28(22)36-27)23-18-24(34-16-7-2-8-17-34)33-25(30-23)19-10-3-1-4-11-19/h1,3-6,9-15,18H,2,7-8,16-17H2,(H,31,35). The summed E-state index contributed by atoms with van der Waals surface area (Å²) in [4.78, 5) is 35.3. The molecule has 0 spiro atoms. The Balaban J connectivity index is 1.36. The second-order valence-electron chi connectivity index (χ2n) is 8.70. The van der Waals surface area contributed by atoms with Crippen LogP contribution in [0.4, 0.5) is 11.5 Å². The predicted octanol–water partition coefficient (Wildman–Crippen LogP) is 6.06. The van der Waals surface area contributed by atoms with Crippen molar-refractivity contribution in [1.29, 1.82) is 0 Å². The maximum absolute atomic E-state index is 13.5. The van der Waals surface area contributed by atoms with Crippen LogP contribution in [0.5, 0.6) is 0 Å². The van der Waals surface area contributed by atoms with Gasteiger partial charge < -0.3 is 10.2 Å². The van der Waals surface area contributed by atoms with Gasteiger partial charge in [-0.2, -0.15) is 0 Å². The number of piperidine rings is 1. The van der Waals surface area contributed by atoms with Crippen molar-refractivity contribution in [3.8, 4) is 22.0 Å². The van der Waals surface area contributed by atoms with Crippen LogP contribution in [0.25, 0.3) is 32.3 Å². The van der Waals surface area contributed by atoms with E-state index in [1.54, 1.807) is 12.3 Å². The van der Waals surface area contributed by atoms with Gasteiger partial charge in [0.2, 0.25) is 0 Å². The summed E-state index contributed by atoms with van der Waals surface area (Å²) < 4.78 is 0. The zero-order valence-corrected chi connectivity index (χ0v) is 20.4. The first kappa shape index (κ1) is 22.3. The first-order chi connectivity index (χ1) is 17.7. The molecule has 1 fully saturated rings. The fourth-order valence-electron chi connectivity index (χ4n) is 4.40. The third kappa shape index (κ3) is 4.55. The molecule has 0 radical (unpaired) electrons. The van der Waals surface area contributed by atoms with Gasteiger partial charge in [-0.3, -0.25) is 4.79 Å². The second kappa shape index (κ2) is 9.83. The first-order valence-corrected chi connectivity index (χ1v) is 12.9. The number of para-hydroxylation sites is 1. The molecular weight excluding hydrogens is 468 g/mol. The zero-order valence-electron chi connectivity index (χ0n) is 19.6. The average molecular weight is 493 g/mol. The molecule has 0 unspecified atom stereocenters. The lowest BCUT2D eigenvalue weighted by Gasteiger charge is -2.28. The minimum Gasteiger partial charge on any atom is -0.356 e. The Morgan fingerprint density at radius 1 is 0.861 bits per heavy atom. The lowest BCUT2D eigenvalue weighted by molar-refractivity contribution is 0.102. The van der Waals surface area contributed by atoms with E-state index in [2.05, 4.69) is 20.2 Å². The summed E-state index contributed by atoms with van der Waals surface area (Å²) in [7, 11) is 0. The minimum absolute atomic E-state index is 0.278. The van der Waals surface area contributed by atoms with Crippen LogP contribution in [0.3, 0.4) is 0 Å². The summed E-state index contributed by atoms with van der Waals surface area (Å²) >= 11 is 1.50. The summed E-state index contributed by atoms with van der Waals surface area (Å²) in [5, 5.41) is 3.88. The number of anilines is 2. The van der Waals surface area contributed by atoms with Crippen LogP contribution in [-0.4, -0.2) is 38.9 Å². The molecule has 0 aliphatic carbocycles. The van der Waals surface area contributed by atoms with Crippen LogP contribution < -0.4 is 10.2 Å². The number of benzene rings is 2. The molecule has 1 saturated heterocycles. The number of fused-ring (bicyclic) bond motifs is 1. The van der Waals surface area contributed by atoms with Crippen LogP contribution in [0, 0.1) is 0 Å². The average Bonchev–Trinajstić information content (AvgIpc) is 3.38. The normalized spacial score (nSPS) is 13.6. The van der Waals surface area contributed by atoms with Gasteiger partial charge in [-0.1, -0.05) is 53.8 Å². The van der Waals surface area contributed by atoms with Gasteiger partial charge in [-0.25, -0.2) is 19.9 Å². The maximum atomic E-state index is 13.5. The molecule has 6 rings (SSSR count). The zero-order chi connectivity index (χ0) is 24.3. The lowest BCUT2D eigenvalue weighted by atomic mass is 10.1. The number of rotatable bonds is 5. The fraction of sp³-hybridized carbons (Fsp3) is 0.179. The monoisotopic (exact) mass is 492 g/mol. The number of pyridine rings is 1. The van der Waals surface area contributed by atoms with Gasteiger partial charge in [0.05, 0.1) is 5.69 Å². The van der Waals surface area contributed by atoms with Gasteiger partial charge in [0.25, 0.3) is 5.91 Å². The van der Waals surface area contributed by atoms with E-state index in [1.807, 2.05) is 66.7 Å². The molecular formula is C28H24N6OS. The quantitative estimate of drug-likeness (QED) is 0.321. The number of amides is 1. The van der Waals surface area contributed by atoms with Gasteiger partial charge in [-0.15, -0.1) is 0 Å². The fourth-order valence-corrected chi connectivity index (χ4v) is 5.35. The van der Waals surface area contributed by atoms with E-state index in [1.165, 1.54) is 17.8 Å². The highest BCUT2D eigenvalue weighted by molar-refractivity contribution is 7.21. The number of nitrogens with zero attached hydrogens (tertiary/aromatic N) is 5. The Bertz CT molecular complexity index is 1490. The molecule has 0 atom stereocenters. The Morgan fingerprint density at radius 3 is 2.50 bits per heavy atom. The third-order valence-electron chi connectivity index (χ3n) is 6.23. The summed E-state index contributed by atoms with van der Waals surface area (Å²) in [6.45, 7) is 1.86. The minimum atomic E-state index is -0.278. The predicted molar refractivity (Wildman–Crippen MR) is 144 cm³/mol. The number of carbonyl (C=O) groups excluding carboxylic acids is 1. The van der Waals surface area contributed by atoms with Crippen LogP contribution in [0.2, 0.25) is 0 Å². The summed E-state index contributed by atoms with van der Waals surface area (Å²) in [6, 6.07) is 23.1. The molecule has 4 heterocycles. The van der Waals surface area contributed by atoms with Crippen LogP contribution >= 0.6 is 11.3 Å². The molecule has 1 aliphatic heterocycles. The molecule has 2 aromatic carbocycles. The molecule has 0 bridgehead atoms. The van der Waals surface area contributed by atoms with Crippen LogP contribution in [0.15, 0.2) is 79.0 Å². The van der Waals surface area contributed by atoms with Crippen LogP contribution in [-0.2, 0) is 0 Å². The van der Waals surface area contributed by atoms with E-state index in [-0.39, 0.29) is 5.91 Å². The van der Waals surface area contributed by atoms with E-state index in [4.69, 9.17) is 9.97 Å². The van der Waals surface area contributed by atoms with E-state index in [0.717, 1.165) is 58.2 Å². The Hall–Kier alpha value is -4.17. The number of nitrogens with one attached hydrogen (secondary N) is 1. The number of hydrogen-bond donors (Lipinski definition) is 1. The van der Waals surface area contributed by atoms with Crippen molar-refractivity contribution in [1.82, 2.24) is 19.9 Å². The largest absolute Gasteiger partial charge is 0.356 e. The second-order valence-corrected chi connectivity index (χ2v) is 9.67. The molecule has 8 heteroatoms. The van der Waals surface area contributed by atoms with Gasteiger partial charge in [0.15, 0.2) is 5.82 Å². The Morgan fingerprint density at radius 2 is 1.67 bits per heavy atom. The van der Waals surface area contributed by atoms with E-state index < -0.39 is 0 Å². The Kier molecular flexibility index (Phi) is 6.09. The highest BCUT2D eigenvalue weighted by Gasteiger charge is 2.20. The molecule has 1 aliphatic rings. The van der Waals surface area contributed by atoms with E-state index in [9.17, 15) is 4.79 Å². The molecule has 36 heavy (non-hydrogen) atoms. The van der Waals surface area contributed by atoms with Crippen molar-refractivity contribution in [3.05, 3.63) is 84.7 Å².